The lowest BCUT2D eigenvalue weighted by Crippen LogP contribution is -2.39. The van der Waals surface area contributed by atoms with E-state index in [0.29, 0.717) is 18.0 Å². The van der Waals surface area contributed by atoms with Crippen molar-refractivity contribution in [1.29, 1.82) is 0 Å². The third-order valence-electron chi connectivity index (χ3n) is 2.57. The van der Waals surface area contributed by atoms with Gasteiger partial charge in [0.05, 0.1) is 6.54 Å². The maximum absolute atomic E-state index is 11.5. The van der Waals surface area contributed by atoms with Gasteiger partial charge in [-0.2, -0.15) is 0 Å². The van der Waals surface area contributed by atoms with Crippen molar-refractivity contribution in [3.8, 4) is 0 Å². The number of nitrogens with one attached hydrogen (secondary N) is 2. The van der Waals surface area contributed by atoms with Crippen molar-refractivity contribution < 1.29 is 9.59 Å². The maximum atomic E-state index is 11.5. The van der Waals surface area contributed by atoms with Crippen molar-refractivity contribution in [2.75, 3.05) is 13.1 Å². The van der Waals surface area contributed by atoms with Gasteiger partial charge in [0, 0.05) is 17.5 Å². The first-order chi connectivity index (χ1) is 8.99. The first kappa shape index (κ1) is 15.5. The number of carbonyl (C=O) groups is 2. The Bertz CT molecular complexity index is 447. The molecule has 19 heavy (non-hydrogen) atoms. The molecule has 0 atom stereocenters. The van der Waals surface area contributed by atoms with E-state index in [1.54, 1.807) is 13.8 Å². The smallest absolute Gasteiger partial charge is 0.239 e. The molecule has 5 heteroatoms. The summed E-state index contributed by atoms with van der Waals surface area (Å²) in [6.45, 7) is 4.11. The van der Waals surface area contributed by atoms with Gasteiger partial charge in [0.15, 0.2) is 0 Å². The van der Waals surface area contributed by atoms with Gasteiger partial charge >= 0.3 is 0 Å². The Morgan fingerprint density at radius 3 is 2.63 bits per heavy atom. The van der Waals surface area contributed by atoms with E-state index in [0.717, 1.165) is 5.56 Å². The average Bonchev–Trinajstić information content (AvgIpc) is 2.36. The van der Waals surface area contributed by atoms with Crippen LogP contribution in [-0.4, -0.2) is 24.9 Å². The van der Waals surface area contributed by atoms with E-state index in [4.69, 9.17) is 11.6 Å². The van der Waals surface area contributed by atoms with E-state index in [-0.39, 0.29) is 24.3 Å². The van der Waals surface area contributed by atoms with Gasteiger partial charge in [-0.25, -0.2) is 0 Å². The molecule has 1 aromatic rings. The highest BCUT2D eigenvalue weighted by Gasteiger charge is 2.08. The molecule has 0 saturated carbocycles. The van der Waals surface area contributed by atoms with Crippen molar-refractivity contribution in [3.05, 3.63) is 34.9 Å². The maximum Gasteiger partial charge on any atom is 0.239 e. The van der Waals surface area contributed by atoms with Crippen LogP contribution in [0, 0.1) is 5.92 Å². The summed E-state index contributed by atoms with van der Waals surface area (Å²) in [7, 11) is 0. The van der Waals surface area contributed by atoms with Crippen LogP contribution in [0.3, 0.4) is 0 Å². The second-order valence-electron chi connectivity index (χ2n) is 4.60. The zero-order valence-corrected chi connectivity index (χ0v) is 12.0. The Labute approximate surface area is 118 Å². The van der Waals surface area contributed by atoms with E-state index in [1.807, 2.05) is 24.3 Å². The van der Waals surface area contributed by atoms with Crippen LogP contribution in [0.2, 0.25) is 5.02 Å². The van der Waals surface area contributed by atoms with Crippen molar-refractivity contribution in [2.45, 2.75) is 20.3 Å². The van der Waals surface area contributed by atoms with Crippen LogP contribution >= 0.6 is 11.6 Å². The van der Waals surface area contributed by atoms with Gasteiger partial charge in [0.1, 0.15) is 0 Å². The molecule has 4 nitrogen and oxygen atoms in total. The van der Waals surface area contributed by atoms with Crippen molar-refractivity contribution in [3.63, 3.8) is 0 Å². The molecule has 0 saturated heterocycles. The highest BCUT2D eigenvalue weighted by molar-refractivity contribution is 6.30. The molecule has 0 unspecified atom stereocenters. The van der Waals surface area contributed by atoms with Crippen LogP contribution in [0.1, 0.15) is 19.4 Å². The lowest BCUT2D eigenvalue weighted by Gasteiger charge is -2.08. The lowest BCUT2D eigenvalue weighted by molar-refractivity contribution is -0.127. The van der Waals surface area contributed by atoms with Crippen LogP contribution in [0.5, 0.6) is 0 Å². The van der Waals surface area contributed by atoms with E-state index in [9.17, 15) is 9.59 Å². The van der Waals surface area contributed by atoms with E-state index in [1.165, 1.54) is 0 Å². The van der Waals surface area contributed by atoms with Gasteiger partial charge in [-0.15, -0.1) is 0 Å². The van der Waals surface area contributed by atoms with Crippen molar-refractivity contribution in [1.82, 2.24) is 10.6 Å². The average molecular weight is 283 g/mol. The van der Waals surface area contributed by atoms with Crippen LogP contribution in [0.4, 0.5) is 0 Å². The van der Waals surface area contributed by atoms with Gasteiger partial charge in [0.25, 0.3) is 0 Å². The molecule has 1 aromatic carbocycles. The molecule has 0 aliphatic rings. The molecule has 0 aliphatic carbocycles. The third kappa shape index (κ3) is 6.25. The second-order valence-corrected chi connectivity index (χ2v) is 5.04. The predicted octanol–water partition coefficient (Wildman–Crippen LogP) is 1.77. The quantitative estimate of drug-likeness (QED) is 0.835. The fourth-order valence-electron chi connectivity index (χ4n) is 1.47. The van der Waals surface area contributed by atoms with Crippen LogP contribution in [0.25, 0.3) is 0 Å². The minimum atomic E-state index is -0.184. The van der Waals surface area contributed by atoms with Crippen molar-refractivity contribution in [2.24, 2.45) is 5.92 Å². The molecule has 0 radical (unpaired) electrons. The number of halogens is 1. The summed E-state index contributed by atoms with van der Waals surface area (Å²) in [5, 5.41) is 6.00. The Kier molecular flexibility index (Phi) is 6.36. The SMILES string of the molecule is CC(C)C(=O)NCC(=O)NCCc1cccc(Cl)c1. The van der Waals surface area contributed by atoms with Crippen LogP contribution in [-0.2, 0) is 16.0 Å². The summed E-state index contributed by atoms with van der Waals surface area (Å²) in [4.78, 5) is 22.7. The molecule has 0 spiro atoms. The highest BCUT2D eigenvalue weighted by atomic mass is 35.5. The topological polar surface area (TPSA) is 58.2 Å². The number of rotatable bonds is 6. The Morgan fingerprint density at radius 1 is 1.26 bits per heavy atom. The van der Waals surface area contributed by atoms with Gasteiger partial charge in [-0.1, -0.05) is 37.6 Å². The van der Waals surface area contributed by atoms with Gasteiger partial charge < -0.3 is 10.6 Å². The molecule has 0 heterocycles. The molecule has 0 aromatic heterocycles. The number of hydrogen-bond acceptors (Lipinski definition) is 2. The monoisotopic (exact) mass is 282 g/mol. The number of amides is 2. The summed E-state index contributed by atoms with van der Waals surface area (Å²) < 4.78 is 0. The summed E-state index contributed by atoms with van der Waals surface area (Å²) >= 11 is 5.87. The molecular weight excluding hydrogens is 264 g/mol. The molecule has 2 amide bonds. The number of benzene rings is 1. The molecule has 0 aliphatic heterocycles. The van der Waals surface area contributed by atoms with E-state index < -0.39 is 0 Å². The van der Waals surface area contributed by atoms with Gasteiger partial charge in [0.2, 0.25) is 11.8 Å². The zero-order chi connectivity index (χ0) is 14.3. The van der Waals surface area contributed by atoms with E-state index >= 15 is 0 Å². The molecule has 2 N–H and O–H groups in total. The fraction of sp³-hybridized carbons (Fsp3) is 0.429. The normalized spacial score (nSPS) is 10.3. The molecule has 0 bridgehead atoms. The molecular formula is C14H19ClN2O2. The Hall–Kier alpha value is -1.55. The summed E-state index contributed by atoms with van der Waals surface area (Å²) in [5.74, 6) is -0.416. The Morgan fingerprint density at radius 2 is 2.00 bits per heavy atom. The van der Waals surface area contributed by atoms with Crippen molar-refractivity contribution >= 4 is 23.4 Å². The largest absolute Gasteiger partial charge is 0.354 e. The summed E-state index contributed by atoms with van der Waals surface area (Å²) in [6, 6.07) is 7.51. The first-order valence-corrected chi connectivity index (χ1v) is 6.65. The van der Waals surface area contributed by atoms with Crippen LogP contribution < -0.4 is 10.6 Å². The highest BCUT2D eigenvalue weighted by Crippen LogP contribution is 2.10. The van der Waals surface area contributed by atoms with Gasteiger partial charge in [-0.3, -0.25) is 9.59 Å². The van der Waals surface area contributed by atoms with E-state index in [2.05, 4.69) is 10.6 Å². The minimum absolute atomic E-state index is 0.0204. The molecule has 1 rings (SSSR count). The summed E-state index contributed by atoms with van der Waals surface area (Å²) in [6.07, 6.45) is 0.713. The third-order valence-corrected chi connectivity index (χ3v) is 2.81. The standard InChI is InChI=1S/C14H19ClN2O2/c1-10(2)14(19)17-9-13(18)16-7-6-11-4-3-5-12(15)8-11/h3-5,8,10H,6-7,9H2,1-2H3,(H,16,18)(H,17,19). The molecule has 104 valence electrons. The first-order valence-electron chi connectivity index (χ1n) is 6.28. The number of hydrogen-bond donors (Lipinski definition) is 2. The number of carbonyl (C=O) groups excluding carboxylic acids is 2. The predicted molar refractivity (Wildman–Crippen MR) is 76.0 cm³/mol. The fourth-order valence-corrected chi connectivity index (χ4v) is 1.69. The second kappa shape index (κ2) is 7.79. The van der Waals surface area contributed by atoms with Crippen LogP contribution in [0.15, 0.2) is 24.3 Å². The lowest BCUT2D eigenvalue weighted by atomic mass is 10.1. The van der Waals surface area contributed by atoms with Gasteiger partial charge in [-0.05, 0) is 24.1 Å². The zero-order valence-electron chi connectivity index (χ0n) is 11.2. The Balaban J connectivity index is 2.22. The molecule has 0 fully saturated rings. The minimum Gasteiger partial charge on any atom is -0.354 e. The summed E-state index contributed by atoms with van der Waals surface area (Å²) in [5.41, 5.74) is 1.07.